The second-order valence-electron chi connectivity index (χ2n) is 7.53. The van der Waals surface area contributed by atoms with E-state index in [0.29, 0.717) is 22.2 Å². The minimum atomic E-state index is -0.543. The molecule has 0 spiro atoms. The van der Waals surface area contributed by atoms with Gasteiger partial charge in [0.25, 0.3) is 0 Å². The van der Waals surface area contributed by atoms with Crippen molar-refractivity contribution in [3.05, 3.63) is 58.9 Å². The lowest BCUT2D eigenvalue weighted by Crippen LogP contribution is -2.15. The maximum atomic E-state index is 12.8. The second kappa shape index (κ2) is 7.92. The zero-order valence-corrected chi connectivity index (χ0v) is 16.9. The Bertz CT molecular complexity index is 1020. The fourth-order valence-electron chi connectivity index (χ4n) is 2.91. The van der Waals surface area contributed by atoms with Gasteiger partial charge in [0.2, 0.25) is 0 Å². The third-order valence-corrected chi connectivity index (χ3v) is 4.60. The second-order valence-corrected chi connectivity index (χ2v) is 7.53. The monoisotopic (exact) mass is 379 g/mol. The van der Waals surface area contributed by atoms with Gasteiger partial charge in [-0.15, -0.1) is 0 Å². The SMILES string of the molecule is Cc1ccc(C(=O)COC(=O)c2cc(C(C)C)nc3c2cnn3C(C)C)cc1. The number of nitrogens with zero attached hydrogens (tertiary/aromatic N) is 3. The van der Waals surface area contributed by atoms with E-state index < -0.39 is 5.97 Å². The van der Waals surface area contributed by atoms with Crippen LogP contribution in [0.15, 0.2) is 36.5 Å². The van der Waals surface area contributed by atoms with E-state index in [1.54, 1.807) is 29.1 Å². The first-order valence-electron chi connectivity index (χ1n) is 9.43. The third-order valence-electron chi connectivity index (χ3n) is 4.60. The summed E-state index contributed by atoms with van der Waals surface area (Å²) in [6.45, 7) is 9.69. The molecule has 0 aliphatic rings. The maximum absolute atomic E-state index is 12.8. The molecule has 6 heteroatoms. The number of hydrogen-bond donors (Lipinski definition) is 0. The molecule has 146 valence electrons. The number of aryl methyl sites for hydroxylation is 1. The molecule has 0 saturated heterocycles. The molecule has 6 nitrogen and oxygen atoms in total. The normalized spacial score (nSPS) is 11.4. The summed E-state index contributed by atoms with van der Waals surface area (Å²) < 4.78 is 7.12. The molecular weight excluding hydrogens is 354 g/mol. The Morgan fingerprint density at radius 1 is 1.11 bits per heavy atom. The molecule has 0 bridgehead atoms. The molecule has 0 amide bonds. The predicted octanol–water partition coefficient (Wildman–Crippen LogP) is 4.48. The first kappa shape index (κ1) is 19.7. The first-order chi connectivity index (χ1) is 13.3. The molecule has 3 rings (SSSR count). The maximum Gasteiger partial charge on any atom is 0.339 e. The standard InChI is InChI=1S/C22H25N3O3/c1-13(2)19-10-17(18-11-23-25(14(3)4)21(18)24-19)22(27)28-12-20(26)16-8-6-15(5)7-9-16/h6-11,13-14H,12H2,1-5H3. The summed E-state index contributed by atoms with van der Waals surface area (Å²) in [7, 11) is 0. The summed E-state index contributed by atoms with van der Waals surface area (Å²) >= 11 is 0. The van der Waals surface area contributed by atoms with E-state index in [1.165, 1.54) is 0 Å². The lowest BCUT2D eigenvalue weighted by molar-refractivity contribution is 0.0476. The van der Waals surface area contributed by atoms with Crippen molar-refractivity contribution in [2.75, 3.05) is 6.61 Å². The first-order valence-corrected chi connectivity index (χ1v) is 9.43. The van der Waals surface area contributed by atoms with E-state index in [1.807, 2.05) is 46.8 Å². The van der Waals surface area contributed by atoms with Gasteiger partial charge in [0.1, 0.15) is 0 Å². The van der Waals surface area contributed by atoms with E-state index in [0.717, 1.165) is 11.3 Å². The van der Waals surface area contributed by atoms with E-state index in [2.05, 4.69) is 10.1 Å². The molecule has 0 aliphatic heterocycles. The highest BCUT2D eigenvalue weighted by atomic mass is 16.5. The molecule has 0 radical (unpaired) electrons. The largest absolute Gasteiger partial charge is 0.454 e. The van der Waals surface area contributed by atoms with Crippen molar-refractivity contribution in [2.24, 2.45) is 0 Å². The Balaban J connectivity index is 1.88. The van der Waals surface area contributed by atoms with Crippen LogP contribution in [0, 0.1) is 6.92 Å². The number of fused-ring (bicyclic) bond motifs is 1. The van der Waals surface area contributed by atoms with Crippen LogP contribution in [-0.4, -0.2) is 33.1 Å². The van der Waals surface area contributed by atoms with Gasteiger partial charge >= 0.3 is 5.97 Å². The van der Waals surface area contributed by atoms with E-state index in [9.17, 15) is 9.59 Å². The summed E-state index contributed by atoms with van der Waals surface area (Å²) in [4.78, 5) is 29.8. The van der Waals surface area contributed by atoms with Gasteiger partial charge in [-0.05, 0) is 32.8 Å². The number of ketones is 1. The predicted molar refractivity (Wildman–Crippen MR) is 108 cm³/mol. The van der Waals surface area contributed by atoms with Crippen molar-refractivity contribution in [1.82, 2.24) is 14.8 Å². The van der Waals surface area contributed by atoms with Crippen molar-refractivity contribution in [2.45, 2.75) is 46.6 Å². The number of ether oxygens (including phenoxy) is 1. The van der Waals surface area contributed by atoms with Gasteiger partial charge < -0.3 is 4.74 Å². The molecule has 2 heterocycles. The molecule has 28 heavy (non-hydrogen) atoms. The molecule has 2 aromatic heterocycles. The minimum absolute atomic E-state index is 0.111. The van der Waals surface area contributed by atoms with Gasteiger partial charge in [-0.3, -0.25) is 4.79 Å². The highest BCUT2D eigenvalue weighted by Crippen LogP contribution is 2.25. The van der Waals surface area contributed by atoms with Gasteiger partial charge in [-0.1, -0.05) is 43.7 Å². The van der Waals surface area contributed by atoms with Crippen LogP contribution < -0.4 is 0 Å². The average molecular weight is 379 g/mol. The number of pyridine rings is 1. The topological polar surface area (TPSA) is 74.1 Å². The number of Topliss-reactive ketones (excluding diaryl/α,β-unsaturated/α-hetero) is 1. The molecule has 0 unspecified atom stereocenters. The molecular formula is C22H25N3O3. The van der Waals surface area contributed by atoms with Crippen LogP contribution in [0.4, 0.5) is 0 Å². The Kier molecular flexibility index (Phi) is 5.58. The Hall–Kier alpha value is -3.02. The summed E-state index contributed by atoms with van der Waals surface area (Å²) in [5.41, 5.74) is 3.41. The molecule has 0 N–H and O–H groups in total. The molecule has 1 aromatic carbocycles. The number of carbonyl (C=O) groups excluding carboxylic acids is 2. The van der Waals surface area contributed by atoms with E-state index >= 15 is 0 Å². The van der Waals surface area contributed by atoms with Crippen LogP contribution in [0.3, 0.4) is 0 Å². The number of hydrogen-bond acceptors (Lipinski definition) is 5. The van der Waals surface area contributed by atoms with Gasteiger partial charge in [-0.2, -0.15) is 5.10 Å². The number of aromatic nitrogens is 3. The smallest absolute Gasteiger partial charge is 0.339 e. The van der Waals surface area contributed by atoms with Crippen molar-refractivity contribution in [3.8, 4) is 0 Å². The Labute approximate surface area is 164 Å². The van der Waals surface area contributed by atoms with Crippen LogP contribution >= 0.6 is 0 Å². The fraction of sp³-hybridized carbons (Fsp3) is 0.364. The summed E-state index contributed by atoms with van der Waals surface area (Å²) in [6, 6.07) is 9.03. The molecule has 0 aliphatic carbocycles. The molecule has 3 aromatic rings. The van der Waals surface area contributed by atoms with Crippen LogP contribution in [0.25, 0.3) is 11.0 Å². The molecule has 0 saturated carbocycles. The van der Waals surface area contributed by atoms with Crippen LogP contribution in [0.2, 0.25) is 0 Å². The molecule has 0 fully saturated rings. The van der Waals surface area contributed by atoms with Crippen molar-refractivity contribution >= 4 is 22.8 Å². The zero-order valence-electron chi connectivity index (χ0n) is 16.9. The number of benzene rings is 1. The molecule has 0 atom stereocenters. The zero-order chi connectivity index (χ0) is 20.4. The van der Waals surface area contributed by atoms with Gasteiger partial charge in [0, 0.05) is 17.3 Å². The lowest BCUT2D eigenvalue weighted by Gasteiger charge is -2.12. The van der Waals surface area contributed by atoms with E-state index in [-0.39, 0.29) is 24.3 Å². The lowest BCUT2D eigenvalue weighted by atomic mass is 10.1. The quantitative estimate of drug-likeness (QED) is 0.466. The summed E-state index contributed by atoms with van der Waals surface area (Å²) in [6.07, 6.45) is 1.63. The van der Waals surface area contributed by atoms with E-state index in [4.69, 9.17) is 4.74 Å². The van der Waals surface area contributed by atoms with Gasteiger partial charge in [0.05, 0.1) is 17.1 Å². The van der Waals surface area contributed by atoms with Crippen LogP contribution in [0.5, 0.6) is 0 Å². The minimum Gasteiger partial charge on any atom is -0.454 e. The number of esters is 1. The van der Waals surface area contributed by atoms with Gasteiger partial charge in [0.15, 0.2) is 18.0 Å². The summed E-state index contributed by atoms with van der Waals surface area (Å²) in [5.74, 6) is -0.640. The number of rotatable bonds is 6. The average Bonchev–Trinajstić information content (AvgIpc) is 3.09. The summed E-state index contributed by atoms with van der Waals surface area (Å²) in [5, 5.41) is 5.00. The van der Waals surface area contributed by atoms with Crippen LogP contribution in [-0.2, 0) is 4.74 Å². The van der Waals surface area contributed by atoms with Gasteiger partial charge in [-0.25, -0.2) is 14.5 Å². The fourth-order valence-corrected chi connectivity index (χ4v) is 2.91. The van der Waals surface area contributed by atoms with Crippen molar-refractivity contribution < 1.29 is 14.3 Å². The Morgan fingerprint density at radius 3 is 2.39 bits per heavy atom. The third kappa shape index (κ3) is 3.96. The van der Waals surface area contributed by atoms with Crippen molar-refractivity contribution in [3.63, 3.8) is 0 Å². The highest BCUT2D eigenvalue weighted by Gasteiger charge is 2.20. The Morgan fingerprint density at radius 2 is 1.79 bits per heavy atom. The number of carbonyl (C=O) groups is 2. The van der Waals surface area contributed by atoms with Crippen LogP contribution in [0.1, 0.15) is 71.6 Å². The van der Waals surface area contributed by atoms with Crippen molar-refractivity contribution in [1.29, 1.82) is 0 Å². The highest BCUT2D eigenvalue weighted by molar-refractivity contribution is 6.04.